The molecular weight excluding hydrogens is 300 g/mol. The molecule has 0 fully saturated rings. The molecule has 2 unspecified atom stereocenters. The van der Waals surface area contributed by atoms with E-state index in [1.807, 2.05) is 6.92 Å². The molecule has 1 aliphatic heterocycles. The number of benzene rings is 1. The summed E-state index contributed by atoms with van der Waals surface area (Å²) in [7, 11) is 2.69. The molecule has 6 heteroatoms. The molecule has 2 aliphatic rings. The minimum Gasteiger partial charge on any atom is -0.508 e. The lowest BCUT2D eigenvalue weighted by Gasteiger charge is -2.34. The van der Waals surface area contributed by atoms with Gasteiger partial charge in [-0.2, -0.15) is 0 Å². The number of aliphatic hydroxyl groups is 1. The molecule has 0 radical (unpaired) electrons. The van der Waals surface area contributed by atoms with Gasteiger partial charge in [0, 0.05) is 0 Å². The zero-order valence-electron chi connectivity index (χ0n) is 13.0. The van der Waals surface area contributed by atoms with E-state index >= 15 is 0 Å². The van der Waals surface area contributed by atoms with E-state index in [9.17, 15) is 14.7 Å². The van der Waals surface area contributed by atoms with Crippen molar-refractivity contribution in [3.63, 3.8) is 0 Å². The van der Waals surface area contributed by atoms with Gasteiger partial charge in [-0.15, -0.1) is 0 Å². The van der Waals surface area contributed by atoms with Crippen molar-refractivity contribution >= 4 is 11.8 Å². The fourth-order valence-corrected chi connectivity index (χ4v) is 2.95. The molecule has 2 atom stereocenters. The number of methoxy groups -OCH3 is 2. The van der Waals surface area contributed by atoms with Crippen molar-refractivity contribution in [1.82, 2.24) is 0 Å². The maximum absolute atomic E-state index is 13.0. The molecule has 0 amide bonds. The summed E-state index contributed by atoms with van der Waals surface area (Å²) in [6.07, 6.45) is 1.88. The lowest BCUT2D eigenvalue weighted by atomic mass is 9.80. The highest BCUT2D eigenvalue weighted by Crippen LogP contribution is 2.42. The number of esters is 1. The molecule has 0 saturated carbocycles. The van der Waals surface area contributed by atoms with Crippen molar-refractivity contribution in [2.45, 2.75) is 13.0 Å². The summed E-state index contributed by atoms with van der Waals surface area (Å²) >= 11 is 0. The van der Waals surface area contributed by atoms with Crippen LogP contribution in [0.1, 0.15) is 15.9 Å². The Morgan fingerprint density at radius 1 is 1.30 bits per heavy atom. The first kappa shape index (κ1) is 15.1. The van der Waals surface area contributed by atoms with Crippen LogP contribution in [-0.2, 0) is 9.53 Å². The predicted molar refractivity (Wildman–Crippen MR) is 80.8 cm³/mol. The average Bonchev–Trinajstić information content (AvgIpc) is 2.51. The number of carbonyl (C=O) groups excluding carboxylic acids is 2. The van der Waals surface area contributed by atoms with Crippen molar-refractivity contribution in [3.8, 4) is 11.5 Å². The van der Waals surface area contributed by atoms with Gasteiger partial charge in [-0.25, -0.2) is 4.79 Å². The number of ketones is 1. The Morgan fingerprint density at radius 2 is 2.04 bits per heavy atom. The molecule has 1 N–H and O–H groups in total. The maximum Gasteiger partial charge on any atom is 0.334 e. The highest BCUT2D eigenvalue weighted by molar-refractivity contribution is 6.10. The minimum atomic E-state index is -0.873. The van der Waals surface area contributed by atoms with Crippen LogP contribution in [0.25, 0.3) is 0 Å². The highest BCUT2D eigenvalue weighted by atomic mass is 16.5. The molecule has 6 nitrogen and oxygen atoms in total. The Balaban J connectivity index is 2.15. The third-order valence-electron chi connectivity index (χ3n) is 3.95. The van der Waals surface area contributed by atoms with Crippen LogP contribution in [0.15, 0.2) is 35.6 Å². The number of rotatable bonds is 2. The Hall–Kier alpha value is -2.76. The second-order valence-electron chi connectivity index (χ2n) is 5.45. The number of ether oxygens (including phenoxy) is 3. The largest absolute Gasteiger partial charge is 0.508 e. The van der Waals surface area contributed by atoms with E-state index in [0.717, 1.165) is 5.56 Å². The predicted octanol–water partition coefficient (Wildman–Crippen LogP) is 2.12. The fourth-order valence-electron chi connectivity index (χ4n) is 2.95. The van der Waals surface area contributed by atoms with Crippen LogP contribution in [0.4, 0.5) is 0 Å². The SMILES string of the molecule is COC(=O)C1=CC(O)=CC2Oc3cc(C)cc(OC)c3C(=O)C12. The number of allylic oxidation sites excluding steroid dienone is 1. The molecule has 1 aromatic carbocycles. The second kappa shape index (κ2) is 5.46. The Kier molecular flexibility index (Phi) is 3.60. The van der Waals surface area contributed by atoms with Crippen molar-refractivity contribution in [1.29, 1.82) is 0 Å². The smallest absolute Gasteiger partial charge is 0.334 e. The van der Waals surface area contributed by atoms with Gasteiger partial charge in [-0.1, -0.05) is 0 Å². The van der Waals surface area contributed by atoms with Gasteiger partial charge in [0.25, 0.3) is 0 Å². The molecule has 0 aromatic heterocycles. The highest BCUT2D eigenvalue weighted by Gasteiger charge is 2.44. The first-order valence-corrected chi connectivity index (χ1v) is 7.06. The summed E-state index contributed by atoms with van der Waals surface area (Å²) in [4.78, 5) is 24.9. The zero-order valence-corrected chi connectivity index (χ0v) is 13.0. The van der Waals surface area contributed by atoms with E-state index < -0.39 is 18.0 Å². The average molecular weight is 316 g/mol. The number of aryl methyl sites for hydroxylation is 1. The lowest BCUT2D eigenvalue weighted by molar-refractivity contribution is -0.137. The van der Waals surface area contributed by atoms with Crippen LogP contribution in [-0.4, -0.2) is 37.2 Å². The standard InChI is InChI=1S/C17H16O6/c1-8-4-11(21-2)15-12(5-8)23-13-7-9(18)6-10(17(20)22-3)14(13)16(15)19/h4-7,13-14,18H,1-3H3. The van der Waals surface area contributed by atoms with Gasteiger partial charge in [-0.05, 0) is 36.8 Å². The Morgan fingerprint density at radius 3 is 2.70 bits per heavy atom. The molecule has 1 aliphatic carbocycles. The lowest BCUT2D eigenvalue weighted by Crippen LogP contribution is -2.41. The van der Waals surface area contributed by atoms with Gasteiger partial charge in [0.05, 0.1) is 25.7 Å². The molecule has 0 bridgehead atoms. The monoisotopic (exact) mass is 316 g/mol. The number of fused-ring (bicyclic) bond motifs is 2. The van der Waals surface area contributed by atoms with Crippen LogP contribution in [0.5, 0.6) is 11.5 Å². The normalized spacial score (nSPS) is 22.1. The number of hydrogen-bond donors (Lipinski definition) is 1. The summed E-state index contributed by atoms with van der Waals surface area (Å²) in [5.74, 6) is -1.21. The van der Waals surface area contributed by atoms with Crippen molar-refractivity contribution in [3.05, 3.63) is 46.7 Å². The fraction of sp³-hybridized carbons (Fsp3) is 0.294. The number of hydrogen-bond acceptors (Lipinski definition) is 6. The Labute approximate surface area is 133 Å². The summed E-state index contributed by atoms with van der Waals surface area (Å²) in [6, 6.07) is 3.46. The molecule has 1 aromatic rings. The molecule has 1 heterocycles. The maximum atomic E-state index is 13.0. The van der Waals surface area contributed by atoms with E-state index in [1.54, 1.807) is 12.1 Å². The summed E-state index contributed by atoms with van der Waals surface area (Å²) in [5.41, 5.74) is 1.24. The number of carbonyl (C=O) groups is 2. The zero-order chi connectivity index (χ0) is 16.7. The molecule has 120 valence electrons. The molecule has 0 spiro atoms. The van der Waals surface area contributed by atoms with Crippen molar-refractivity contribution in [2.75, 3.05) is 14.2 Å². The summed E-state index contributed by atoms with van der Waals surface area (Å²) in [6.45, 7) is 1.86. The first-order valence-electron chi connectivity index (χ1n) is 7.06. The molecule has 23 heavy (non-hydrogen) atoms. The van der Waals surface area contributed by atoms with Gasteiger partial charge in [-0.3, -0.25) is 4.79 Å². The molecular formula is C17H16O6. The van der Waals surface area contributed by atoms with Gasteiger partial charge in [0.1, 0.15) is 28.9 Å². The van der Waals surface area contributed by atoms with Gasteiger partial charge in [0.2, 0.25) is 0 Å². The van der Waals surface area contributed by atoms with E-state index in [4.69, 9.17) is 14.2 Å². The topological polar surface area (TPSA) is 82.1 Å². The third-order valence-corrected chi connectivity index (χ3v) is 3.95. The third kappa shape index (κ3) is 2.36. The van der Waals surface area contributed by atoms with Crippen LogP contribution < -0.4 is 9.47 Å². The van der Waals surface area contributed by atoms with Crippen LogP contribution in [0, 0.1) is 12.8 Å². The van der Waals surface area contributed by atoms with E-state index in [0.29, 0.717) is 17.1 Å². The van der Waals surface area contributed by atoms with Crippen molar-refractivity contribution < 1.29 is 28.9 Å². The van der Waals surface area contributed by atoms with Crippen LogP contribution in [0.3, 0.4) is 0 Å². The molecule has 0 saturated heterocycles. The Bertz CT molecular complexity index is 759. The number of aliphatic hydroxyl groups excluding tert-OH is 1. The summed E-state index contributed by atoms with van der Waals surface area (Å²) in [5, 5.41) is 9.81. The first-order chi connectivity index (χ1) is 11.0. The van der Waals surface area contributed by atoms with E-state index in [-0.39, 0.29) is 17.1 Å². The summed E-state index contributed by atoms with van der Waals surface area (Å²) < 4.78 is 15.8. The van der Waals surface area contributed by atoms with Crippen LogP contribution >= 0.6 is 0 Å². The second-order valence-corrected chi connectivity index (χ2v) is 5.45. The van der Waals surface area contributed by atoms with Crippen molar-refractivity contribution in [2.24, 2.45) is 5.92 Å². The molecule has 3 rings (SSSR count). The van der Waals surface area contributed by atoms with Gasteiger partial charge >= 0.3 is 5.97 Å². The quantitative estimate of drug-likeness (QED) is 0.842. The van der Waals surface area contributed by atoms with E-state index in [1.165, 1.54) is 26.4 Å². The minimum absolute atomic E-state index is 0.0655. The van der Waals surface area contributed by atoms with Gasteiger partial charge < -0.3 is 19.3 Å². The van der Waals surface area contributed by atoms with Gasteiger partial charge in [0.15, 0.2) is 5.78 Å². The van der Waals surface area contributed by atoms with E-state index in [2.05, 4.69) is 0 Å². The number of Topliss-reactive ketones (excluding diaryl/α,β-unsaturated/α-hetero) is 1. The van der Waals surface area contributed by atoms with Crippen LogP contribution in [0.2, 0.25) is 0 Å².